The van der Waals surface area contributed by atoms with Gasteiger partial charge in [0.15, 0.2) is 0 Å². The lowest BCUT2D eigenvalue weighted by Crippen LogP contribution is -2.44. The minimum Gasteiger partial charge on any atom is -0.497 e. The van der Waals surface area contributed by atoms with E-state index in [9.17, 15) is 9.59 Å². The van der Waals surface area contributed by atoms with Crippen LogP contribution in [0.3, 0.4) is 0 Å². The van der Waals surface area contributed by atoms with Crippen molar-refractivity contribution in [2.24, 2.45) is 0 Å². The van der Waals surface area contributed by atoms with Crippen molar-refractivity contribution in [3.8, 4) is 5.75 Å². The summed E-state index contributed by atoms with van der Waals surface area (Å²) in [5, 5.41) is 6.10. The molecule has 3 rings (SSSR count). The number of amides is 3. The number of methoxy groups -OCH3 is 1. The van der Waals surface area contributed by atoms with Crippen LogP contribution in [0.4, 0.5) is 10.5 Å². The Bertz CT molecular complexity index is 793. The standard InChI is InChI=1S/C19H20ClN3O3/c1-23-11-16(12-3-9-15(26-2)10-4-12)17(18(23)24)22-19(25)21-14-7-5-13(20)6-8-14/h3-10,16-17H,11H2,1-2H3,(H2,21,22,25)/t16-,17-/m1/s1. The number of nitrogens with zero attached hydrogens (tertiary/aromatic N) is 1. The summed E-state index contributed by atoms with van der Waals surface area (Å²) in [6, 6.07) is 13.3. The van der Waals surface area contributed by atoms with E-state index < -0.39 is 12.1 Å². The van der Waals surface area contributed by atoms with Crippen LogP contribution in [0.25, 0.3) is 0 Å². The monoisotopic (exact) mass is 373 g/mol. The predicted molar refractivity (Wildman–Crippen MR) is 101 cm³/mol. The molecular formula is C19H20ClN3O3. The molecule has 0 bridgehead atoms. The average molecular weight is 374 g/mol. The van der Waals surface area contributed by atoms with Gasteiger partial charge in [-0.2, -0.15) is 0 Å². The normalized spacial score (nSPS) is 19.3. The van der Waals surface area contributed by atoms with Gasteiger partial charge in [0, 0.05) is 30.2 Å². The number of anilines is 1. The third-order valence-electron chi connectivity index (χ3n) is 4.45. The fourth-order valence-corrected chi connectivity index (χ4v) is 3.18. The Morgan fingerprint density at radius 2 is 1.81 bits per heavy atom. The van der Waals surface area contributed by atoms with Gasteiger partial charge in [0.05, 0.1) is 7.11 Å². The summed E-state index contributed by atoms with van der Waals surface area (Å²) < 4.78 is 5.17. The van der Waals surface area contributed by atoms with Crippen LogP contribution in [0.15, 0.2) is 48.5 Å². The summed E-state index contributed by atoms with van der Waals surface area (Å²) in [5.74, 6) is 0.503. The van der Waals surface area contributed by atoms with Crippen LogP contribution in [-0.4, -0.2) is 43.6 Å². The van der Waals surface area contributed by atoms with E-state index in [1.807, 2.05) is 24.3 Å². The molecule has 1 aliphatic heterocycles. The summed E-state index contributed by atoms with van der Waals surface area (Å²) >= 11 is 5.84. The van der Waals surface area contributed by atoms with Crippen LogP contribution in [-0.2, 0) is 4.79 Å². The molecule has 2 aromatic carbocycles. The van der Waals surface area contributed by atoms with Crippen LogP contribution in [0.1, 0.15) is 11.5 Å². The Kier molecular flexibility index (Phi) is 5.32. The van der Waals surface area contributed by atoms with E-state index in [-0.39, 0.29) is 11.8 Å². The Morgan fingerprint density at radius 1 is 1.15 bits per heavy atom. The second kappa shape index (κ2) is 7.66. The maximum absolute atomic E-state index is 12.5. The van der Waals surface area contributed by atoms with Crippen molar-refractivity contribution >= 4 is 29.2 Å². The van der Waals surface area contributed by atoms with E-state index in [2.05, 4.69) is 10.6 Å². The predicted octanol–water partition coefficient (Wildman–Crippen LogP) is 3.09. The number of nitrogens with one attached hydrogen (secondary N) is 2. The molecule has 0 saturated carbocycles. The fraction of sp³-hybridized carbons (Fsp3) is 0.263. The van der Waals surface area contributed by atoms with Crippen molar-refractivity contribution in [1.29, 1.82) is 0 Å². The number of ether oxygens (including phenoxy) is 1. The number of hydrogen-bond donors (Lipinski definition) is 2. The lowest BCUT2D eigenvalue weighted by Gasteiger charge is -2.19. The highest BCUT2D eigenvalue weighted by Crippen LogP contribution is 2.29. The maximum Gasteiger partial charge on any atom is 0.319 e. The first-order valence-corrected chi connectivity index (χ1v) is 8.57. The molecule has 2 aromatic rings. The molecule has 6 nitrogen and oxygen atoms in total. The molecule has 0 unspecified atom stereocenters. The van der Waals surface area contributed by atoms with E-state index in [1.165, 1.54) is 0 Å². The van der Waals surface area contributed by atoms with Crippen LogP contribution >= 0.6 is 11.6 Å². The molecule has 1 fully saturated rings. The number of benzene rings is 2. The second-order valence-corrected chi connectivity index (χ2v) is 6.62. The smallest absolute Gasteiger partial charge is 0.319 e. The van der Waals surface area contributed by atoms with Crippen LogP contribution in [0.5, 0.6) is 5.75 Å². The van der Waals surface area contributed by atoms with Crippen molar-refractivity contribution in [2.45, 2.75) is 12.0 Å². The lowest BCUT2D eigenvalue weighted by molar-refractivity contribution is -0.128. The Balaban J connectivity index is 1.73. The van der Waals surface area contributed by atoms with Crippen LogP contribution in [0.2, 0.25) is 5.02 Å². The summed E-state index contributed by atoms with van der Waals surface area (Å²) in [6.45, 7) is 0.539. The fourth-order valence-electron chi connectivity index (χ4n) is 3.05. The number of likely N-dealkylation sites (N-methyl/N-ethyl adjacent to an activating group) is 1. The third kappa shape index (κ3) is 3.91. The van der Waals surface area contributed by atoms with Gasteiger partial charge in [-0.05, 0) is 42.0 Å². The van der Waals surface area contributed by atoms with E-state index in [0.29, 0.717) is 17.3 Å². The highest BCUT2D eigenvalue weighted by atomic mass is 35.5. The van der Waals surface area contributed by atoms with Crippen molar-refractivity contribution in [3.05, 3.63) is 59.1 Å². The van der Waals surface area contributed by atoms with E-state index >= 15 is 0 Å². The number of carbonyl (C=O) groups excluding carboxylic acids is 2. The highest BCUT2D eigenvalue weighted by Gasteiger charge is 2.40. The molecule has 1 heterocycles. The molecule has 0 aliphatic carbocycles. The third-order valence-corrected chi connectivity index (χ3v) is 4.70. The first-order valence-electron chi connectivity index (χ1n) is 8.20. The Morgan fingerprint density at radius 3 is 2.42 bits per heavy atom. The summed E-state index contributed by atoms with van der Waals surface area (Å²) in [4.78, 5) is 26.5. The van der Waals surface area contributed by atoms with Gasteiger partial charge in [-0.3, -0.25) is 4.79 Å². The summed E-state index contributed by atoms with van der Waals surface area (Å²) in [7, 11) is 3.34. The second-order valence-electron chi connectivity index (χ2n) is 6.18. The van der Waals surface area contributed by atoms with Crippen molar-refractivity contribution in [3.63, 3.8) is 0 Å². The minimum absolute atomic E-state index is 0.114. The average Bonchev–Trinajstić information content (AvgIpc) is 2.92. The van der Waals surface area contributed by atoms with Gasteiger partial charge in [-0.15, -0.1) is 0 Å². The van der Waals surface area contributed by atoms with Gasteiger partial charge in [0.1, 0.15) is 11.8 Å². The molecule has 0 aromatic heterocycles. The van der Waals surface area contributed by atoms with Gasteiger partial charge in [-0.1, -0.05) is 23.7 Å². The molecule has 136 valence electrons. The maximum atomic E-state index is 12.5. The number of urea groups is 1. The van der Waals surface area contributed by atoms with Gasteiger partial charge in [0.2, 0.25) is 5.91 Å². The van der Waals surface area contributed by atoms with E-state index in [1.54, 1.807) is 43.3 Å². The van der Waals surface area contributed by atoms with Crippen LogP contribution in [0, 0.1) is 0 Å². The minimum atomic E-state index is -0.624. The zero-order valence-corrected chi connectivity index (χ0v) is 15.3. The first kappa shape index (κ1) is 18.1. The molecule has 1 aliphatic rings. The van der Waals surface area contributed by atoms with Crippen molar-refractivity contribution in [2.75, 3.05) is 26.0 Å². The highest BCUT2D eigenvalue weighted by molar-refractivity contribution is 6.30. The van der Waals surface area contributed by atoms with Gasteiger partial charge in [-0.25, -0.2) is 4.79 Å². The van der Waals surface area contributed by atoms with E-state index in [4.69, 9.17) is 16.3 Å². The lowest BCUT2D eigenvalue weighted by atomic mass is 9.94. The first-order chi connectivity index (χ1) is 12.5. The number of carbonyl (C=O) groups is 2. The molecular weight excluding hydrogens is 354 g/mol. The largest absolute Gasteiger partial charge is 0.497 e. The molecule has 2 atom stereocenters. The van der Waals surface area contributed by atoms with Crippen molar-refractivity contribution < 1.29 is 14.3 Å². The summed E-state index contributed by atoms with van der Waals surface area (Å²) in [6.07, 6.45) is 0. The van der Waals surface area contributed by atoms with Crippen molar-refractivity contribution in [1.82, 2.24) is 10.2 Å². The topological polar surface area (TPSA) is 70.7 Å². The molecule has 1 saturated heterocycles. The number of halogens is 1. The molecule has 3 amide bonds. The molecule has 2 N–H and O–H groups in total. The van der Waals surface area contributed by atoms with Gasteiger partial charge < -0.3 is 20.3 Å². The van der Waals surface area contributed by atoms with Gasteiger partial charge in [0.25, 0.3) is 0 Å². The zero-order chi connectivity index (χ0) is 18.7. The Labute approximate surface area is 157 Å². The van der Waals surface area contributed by atoms with E-state index in [0.717, 1.165) is 11.3 Å². The Hall–Kier alpha value is -2.73. The SMILES string of the molecule is COc1ccc([C@H]2CN(C)C(=O)[C@@H]2NC(=O)Nc2ccc(Cl)cc2)cc1. The number of hydrogen-bond acceptors (Lipinski definition) is 3. The van der Waals surface area contributed by atoms with Gasteiger partial charge >= 0.3 is 6.03 Å². The quantitative estimate of drug-likeness (QED) is 0.865. The molecule has 7 heteroatoms. The molecule has 0 spiro atoms. The number of rotatable bonds is 4. The number of likely N-dealkylation sites (tertiary alicyclic amines) is 1. The molecule has 0 radical (unpaired) electrons. The zero-order valence-electron chi connectivity index (χ0n) is 14.5. The molecule has 26 heavy (non-hydrogen) atoms. The summed E-state index contributed by atoms with van der Waals surface area (Å²) in [5.41, 5.74) is 1.58. The van der Waals surface area contributed by atoms with Crippen LogP contribution < -0.4 is 15.4 Å².